The third-order valence-electron chi connectivity index (χ3n) is 3.19. The van der Waals surface area contributed by atoms with Crippen molar-refractivity contribution in [3.63, 3.8) is 0 Å². The molecule has 6 heteroatoms. The first-order chi connectivity index (χ1) is 10.5. The second-order valence-corrected chi connectivity index (χ2v) is 4.75. The lowest BCUT2D eigenvalue weighted by Crippen LogP contribution is -2.09. The summed E-state index contributed by atoms with van der Waals surface area (Å²) in [5, 5.41) is 0. The lowest BCUT2D eigenvalue weighted by Gasteiger charge is -2.13. The first-order valence-corrected chi connectivity index (χ1v) is 6.72. The summed E-state index contributed by atoms with van der Waals surface area (Å²) in [7, 11) is 3.14. The van der Waals surface area contributed by atoms with Crippen molar-refractivity contribution in [2.24, 2.45) is 0 Å². The average molecular weight is 302 g/mol. The molecule has 0 atom stereocenters. The van der Waals surface area contributed by atoms with Crippen LogP contribution < -0.4 is 9.47 Å². The number of esters is 1. The molecule has 0 aliphatic heterocycles. The molecule has 116 valence electrons. The second kappa shape index (κ2) is 6.89. The van der Waals surface area contributed by atoms with Gasteiger partial charge in [-0.1, -0.05) is 0 Å². The van der Waals surface area contributed by atoms with Crippen LogP contribution in [0.15, 0.2) is 24.5 Å². The lowest BCUT2D eigenvalue weighted by molar-refractivity contribution is 0.0464. The zero-order chi connectivity index (χ0) is 16.1. The minimum Gasteiger partial charge on any atom is -0.493 e. The first kappa shape index (κ1) is 15.8. The smallest absolute Gasteiger partial charge is 0.358 e. The van der Waals surface area contributed by atoms with Gasteiger partial charge in [0.15, 0.2) is 17.2 Å². The van der Waals surface area contributed by atoms with Crippen LogP contribution in [0.1, 0.15) is 27.3 Å². The first-order valence-electron chi connectivity index (χ1n) is 6.72. The Hall–Kier alpha value is -2.63. The molecule has 0 saturated carbocycles. The number of benzene rings is 1. The Balaban J connectivity index is 2.11. The normalized spacial score (nSPS) is 10.2. The lowest BCUT2D eigenvalue weighted by atomic mass is 10.1. The van der Waals surface area contributed by atoms with Gasteiger partial charge in [-0.3, -0.25) is 4.98 Å². The molecular formula is C16H18N2O4. The molecule has 1 aromatic carbocycles. The number of aromatic nitrogens is 2. The van der Waals surface area contributed by atoms with Crippen LogP contribution in [-0.2, 0) is 11.3 Å². The minimum absolute atomic E-state index is 0.126. The zero-order valence-electron chi connectivity index (χ0n) is 13.0. The fourth-order valence-electron chi connectivity index (χ4n) is 1.89. The number of hydrogen-bond donors (Lipinski definition) is 0. The van der Waals surface area contributed by atoms with Gasteiger partial charge >= 0.3 is 5.97 Å². The van der Waals surface area contributed by atoms with Crippen molar-refractivity contribution in [1.29, 1.82) is 0 Å². The number of rotatable bonds is 5. The molecule has 0 spiro atoms. The molecule has 0 unspecified atom stereocenters. The molecule has 6 nitrogen and oxygen atoms in total. The van der Waals surface area contributed by atoms with E-state index in [1.807, 2.05) is 13.0 Å². The Morgan fingerprint density at radius 1 is 1.05 bits per heavy atom. The number of methoxy groups -OCH3 is 2. The van der Waals surface area contributed by atoms with Crippen LogP contribution in [-0.4, -0.2) is 30.2 Å². The summed E-state index contributed by atoms with van der Waals surface area (Å²) in [6.45, 7) is 3.84. The monoisotopic (exact) mass is 302 g/mol. The summed E-state index contributed by atoms with van der Waals surface area (Å²) in [6.07, 6.45) is 2.93. The Bertz CT molecular complexity index is 669. The summed E-state index contributed by atoms with van der Waals surface area (Å²) in [5.41, 5.74) is 2.71. The molecule has 0 aliphatic rings. The fourth-order valence-corrected chi connectivity index (χ4v) is 1.89. The summed E-state index contributed by atoms with van der Waals surface area (Å²) in [5.74, 6) is 0.718. The molecule has 1 aromatic heterocycles. The van der Waals surface area contributed by atoms with Crippen LogP contribution in [0.5, 0.6) is 11.5 Å². The van der Waals surface area contributed by atoms with Crippen LogP contribution in [0.4, 0.5) is 0 Å². The molecule has 0 fully saturated rings. The van der Waals surface area contributed by atoms with E-state index in [0.29, 0.717) is 11.5 Å². The van der Waals surface area contributed by atoms with E-state index in [1.54, 1.807) is 27.2 Å². The second-order valence-electron chi connectivity index (χ2n) is 4.75. The van der Waals surface area contributed by atoms with Crippen molar-refractivity contribution < 1.29 is 19.0 Å². The Morgan fingerprint density at radius 2 is 1.73 bits per heavy atom. The van der Waals surface area contributed by atoms with Gasteiger partial charge in [0.25, 0.3) is 0 Å². The highest BCUT2D eigenvalue weighted by molar-refractivity contribution is 5.86. The van der Waals surface area contributed by atoms with Gasteiger partial charge in [0.1, 0.15) is 6.61 Å². The van der Waals surface area contributed by atoms with Gasteiger partial charge in [-0.05, 0) is 37.1 Å². The van der Waals surface area contributed by atoms with E-state index < -0.39 is 5.97 Å². The SMILES string of the molecule is COc1cc(C)c(COC(=O)c2cnc(C)cn2)cc1OC. The quantitative estimate of drug-likeness (QED) is 0.790. The van der Waals surface area contributed by atoms with Crippen molar-refractivity contribution >= 4 is 5.97 Å². The zero-order valence-corrected chi connectivity index (χ0v) is 13.0. The molecule has 0 aliphatic carbocycles. The Kier molecular flexibility index (Phi) is 4.93. The van der Waals surface area contributed by atoms with Gasteiger partial charge in [-0.15, -0.1) is 0 Å². The van der Waals surface area contributed by atoms with E-state index in [2.05, 4.69) is 9.97 Å². The van der Waals surface area contributed by atoms with Gasteiger partial charge in [0, 0.05) is 6.20 Å². The molecule has 0 radical (unpaired) electrons. The maximum atomic E-state index is 11.9. The predicted molar refractivity (Wildman–Crippen MR) is 80.2 cm³/mol. The fraction of sp³-hybridized carbons (Fsp3) is 0.312. The topological polar surface area (TPSA) is 70.5 Å². The molecule has 0 saturated heterocycles. The molecule has 1 heterocycles. The standard InChI is InChI=1S/C16H18N2O4/c1-10-5-14(20-3)15(21-4)6-12(10)9-22-16(19)13-8-17-11(2)7-18-13/h5-8H,9H2,1-4H3. The summed E-state index contributed by atoms with van der Waals surface area (Å²) in [6, 6.07) is 3.63. The van der Waals surface area contributed by atoms with Crippen LogP contribution in [0.2, 0.25) is 0 Å². The minimum atomic E-state index is -0.512. The highest BCUT2D eigenvalue weighted by Gasteiger charge is 2.13. The van der Waals surface area contributed by atoms with E-state index in [4.69, 9.17) is 14.2 Å². The van der Waals surface area contributed by atoms with E-state index in [-0.39, 0.29) is 12.3 Å². The molecule has 2 rings (SSSR count). The van der Waals surface area contributed by atoms with Crippen molar-refractivity contribution in [2.75, 3.05) is 14.2 Å². The van der Waals surface area contributed by atoms with Gasteiger partial charge in [0.2, 0.25) is 0 Å². The summed E-state index contributed by atoms with van der Waals surface area (Å²) in [4.78, 5) is 20.0. The Morgan fingerprint density at radius 3 is 2.32 bits per heavy atom. The Labute approximate surface area is 129 Å². The maximum absolute atomic E-state index is 11.9. The molecular weight excluding hydrogens is 284 g/mol. The third kappa shape index (κ3) is 3.52. The van der Waals surface area contributed by atoms with Crippen LogP contribution in [0.3, 0.4) is 0 Å². The summed E-state index contributed by atoms with van der Waals surface area (Å²) >= 11 is 0. The number of ether oxygens (including phenoxy) is 3. The van der Waals surface area contributed by atoms with Crippen molar-refractivity contribution in [3.05, 3.63) is 47.0 Å². The van der Waals surface area contributed by atoms with Gasteiger partial charge in [-0.25, -0.2) is 9.78 Å². The molecule has 0 amide bonds. The molecule has 22 heavy (non-hydrogen) atoms. The molecule has 0 bridgehead atoms. The van der Waals surface area contributed by atoms with Gasteiger partial charge in [-0.2, -0.15) is 0 Å². The van der Waals surface area contributed by atoms with Crippen molar-refractivity contribution in [1.82, 2.24) is 9.97 Å². The maximum Gasteiger partial charge on any atom is 0.358 e. The van der Waals surface area contributed by atoms with E-state index in [9.17, 15) is 4.79 Å². The van der Waals surface area contributed by atoms with Crippen LogP contribution in [0.25, 0.3) is 0 Å². The largest absolute Gasteiger partial charge is 0.493 e. The molecule has 2 aromatic rings. The van der Waals surface area contributed by atoms with Crippen LogP contribution >= 0.6 is 0 Å². The van der Waals surface area contributed by atoms with E-state index >= 15 is 0 Å². The number of carbonyl (C=O) groups is 1. The van der Waals surface area contributed by atoms with E-state index in [1.165, 1.54) is 12.4 Å². The van der Waals surface area contributed by atoms with E-state index in [0.717, 1.165) is 16.8 Å². The van der Waals surface area contributed by atoms with Crippen LogP contribution in [0, 0.1) is 13.8 Å². The van der Waals surface area contributed by atoms with Crippen molar-refractivity contribution in [2.45, 2.75) is 20.5 Å². The number of aryl methyl sites for hydroxylation is 2. The molecule has 0 N–H and O–H groups in total. The summed E-state index contributed by atoms with van der Waals surface area (Å²) < 4.78 is 15.7. The van der Waals surface area contributed by atoms with Gasteiger partial charge in [0.05, 0.1) is 26.1 Å². The predicted octanol–water partition coefficient (Wildman–Crippen LogP) is 2.47. The highest BCUT2D eigenvalue weighted by Crippen LogP contribution is 2.30. The third-order valence-corrected chi connectivity index (χ3v) is 3.19. The highest BCUT2D eigenvalue weighted by atomic mass is 16.5. The number of hydrogen-bond acceptors (Lipinski definition) is 6. The van der Waals surface area contributed by atoms with Crippen molar-refractivity contribution in [3.8, 4) is 11.5 Å². The number of nitrogens with zero attached hydrogens (tertiary/aromatic N) is 2. The van der Waals surface area contributed by atoms with Gasteiger partial charge < -0.3 is 14.2 Å². The average Bonchev–Trinajstić information content (AvgIpc) is 2.53. The number of carbonyl (C=O) groups excluding carboxylic acids is 1.